The molecule has 2 aromatic rings. The standard InChI is InChI=1S/C11H11ClN4O2/c12-9-8-5-14-10(16(8)2-1-13-9)6-3-7(4-6)15-11(17)18/h1-2,5-7,15H,3-4H2,(H,17,18)/t6-,7-. The molecule has 0 atom stereocenters. The van der Waals surface area contributed by atoms with Gasteiger partial charge < -0.3 is 10.4 Å². The molecule has 0 unspecified atom stereocenters. The summed E-state index contributed by atoms with van der Waals surface area (Å²) in [6.07, 6.45) is 5.71. The zero-order valence-electron chi connectivity index (χ0n) is 9.38. The van der Waals surface area contributed by atoms with Crippen LogP contribution in [0.3, 0.4) is 0 Å². The Morgan fingerprint density at radius 1 is 1.50 bits per heavy atom. The van der Waals surface area contributed by atoms with E-state index in [1.54, 1.807) is 12.4 Å². The maximum Gasteiger partial charge on any atom is 0.404 e. The lowest BCUT2D eigenvalue weighted by atomic mass is 9.80. The molecule has 1 aliphatic carbocycles. The van der Waals surface area contributed by atoms with Gasteiger partial charge in [0.2, 0.25) is 0 Å². The fourth-order valence-corrected chi connectivity index (χ4v) is 2.54. The van der Waals surface area contributed by atoms with E-state index >= 15 is 0 Å². The van der Waals surface area contributed by atoms with Crippen molar-refractivity contribution in [2.45, 2.75) is 24.8 Å². The van der Waals surface area contributed by atoms with Gasteiger partial charge in [-0.25, -0.2) is 14.8 Å². The lowest BCUT2D eigenvalue weighted by molar-refractivity contribution is 0.177. The summed E-state index contributed by atoms with van der Waals surface area (Å²) in [5.41, 5.74) is 0.781. The molecule has 0 aromatic carbocycles. The summed E-state index contributed by atoms with van der Waals surface area (Å²) in [6.45, 7) is 0. The van der Waals surface area contributed by atoms with Crippen LogP contribution in [-0.4, -0.2) is 31.6 Å². The number of nitrogens with zero attached hydrogens (tertiary/aromatic N) is 3. The molecule has 3 rings (SSSR count). The number of nitrogens with one attached hydrogen (secondary N) is 1. The summed E-state index contributed by atoms with van der Waals surface area (Å²) in [5.74, 6) is 1.18. The lowest BCUT2D eigenvalue weighted by Gasteiger charge is -2.34. The number of halogens is 1. The Kier molecular flexibility index (Phi) is 2.59. The van der Waals surface area contributed by atoms with Gasteiger partial charge in [-0.3, -0.25) is 4.40 Å². The van der Waals surface area contributed by atoms with Crippen LogP contribution in [0.2, 0.25) is 5.15 Å². The first-order valence-corrected chi connectivity index (χ1v) is 6.00. The molecule has 2 aromatic heterocycles. The first-order chi connectivity index (χ1) is 8.65. The van der Waals surface area contributed by atoms with Crippen LogP contribution in [0, 0.1) is 0 Å². The molecule has 2 heterocycles. The highest BCUT2D eigenvalue weighted by Gasteiger charge is 2.34. The number of carboxylic acid groups (broad SMARTS) is 1. The molecule has 2 N–H and O–H groups in total. The Bertz CT molecular complexity index is 606. The highest BCUT2D eigenvalue weighted by Crippen LogP contribution is 2.36. The second kappa shape index (κ2) is 4.13. The third kappa shape index (κ3) is 1.78. The molecule has 1 amide bonds. The SMILES string of the molecule is O=C(O)N[C@H]1C[C@H](c2ncc3c(Cl)nccn32)C1. The molecule has 0 saturated heterocycles. The Labute approximate surface area is 108 Å². The maximum absolute atomic E-state index is 10.5. The third-order valence-electron chi connectivity index (χ3n) is 3.27. The minimum Gasteiger partial charge on any atom is -0.465 e. The molecular formula is C11H11ClN4O2. The number of aromatic nitrogens is 3. The van der Waals surface area contributed by atoms with Gasteiger partial charge in [0.15, 0.2) is 5.15 Å². The zero-order chi connectivity index (χ0) is 12.7. The number of imidazole rings is 1. The quantitative estimate of drug-likeness (QED) is 0.870. The predicted molar refractivity (Wildman–Crippen MR) is 64.9 cm³/mol. The van der Waals surface area contributed by atoms with Crippen molar-refractivity contribution in [2.24, 2.45) is 0 Å². The van der Waals surface area contributed by atoms with Crippen LogP contribution < -0.4 is 5.32 Å². The molecule has 94 valence electrons. The van der Waals surface area contributed by atoms with Crippen LogP contribution in [0.25, 0.3) is 5.52 Å². The summed E-state index contributed by atoms with van der Waals surface area (Å²) < 4.78 is 1.91. The van der Waals surface area contributed by atoms with Crippen LogP contribution in [0.5, 0.6) is 0 Å². The number of carbonyl (C=O) groups is 1. The van der Waals surface area contributed by atoms with Crippen molar-refractivity contribution in [1.29, 1.82) is 0 Å². The van der Waals surface area contributed by atoms with Crippen molar-refractivity contribution < 1.29 is 9.90 Å². The van der Waals surface area contributed by atoms with Crippen LogP contribution >= 0.6 is 11.6 Å². The molecular weight excluding hydrogens is 256 g/mol. The zero-order valence-corrected chi connectivity index (χ0v) is 10.1. The fourth-order valence-electron chi connectivity index (χ4n) is 2.34. The average Bonchev–Trinajstić information content (AvgIpc) is 2.67. The van der Waals surface area contributed by atoms with Crippen molar-refractivity contribution in [2.75, 3.05) is 0 Å². The van der Waals surface area contributed by atoms with E-state index in [1.807, 2.05) is 10.6 Å². The van der Waals surface area contributed by atoms with Crippen LogP contribution in [-0.2, 0) is 0 Å². The maximum atomic E-state index is 10.5. The monoisotopic (exact) mass is 266 g/mol. The molecule has 1 saturated carbocycles. The predicted octanol–water partition coefficient (Wildman–Crippen LogP) is 1.90. The average molecular weight is 267 g/mol. The molecule has 0 bridgehead atoms. The molecule has 1 aliphatic rings. The third-order valence-corrected chi connectivity index (χ3v) is 3.56. The van der Waals surface area contributed by atoms with E-state index in [0.717, 1.165) is 24.2 Å². The van der Waals surface area contributed by atoms with E-state index < -0.39 is 6.09 Å². The molecule has 1 fully saturated rings. The first kappa shape index (κ1) is 11.3. The van der Waals surface area contributed by atoms with E-state index in [0.29, 0.717) is 5.15 Å². The van der Waals surface area contributed by atoms with Gasteiger partial charge in [0.05, 0.1) is 6.20 Å². The second-order valence-electron chi connectivity index (χ2n) is 4.40. The summed E-state index contributed by atoms with van der Waals surface area (Å²) in [4.78, 5) is 18.8. The van der Waals surface area contributed by atoms with Crippen LogP contribution in [0.15, 0.2) is 18.6 Å². The van der Waals surface area contributed by atoms with Gasteiger partial charge in [0, 0.05) is 24.4 Å². The summed E-state index contributed by atoms with van der Waals surface area (Å²) in [5, 5.41) is 11.5. The summed E-state index contributed by atoms with van der Waals surface area (Å²) in [7, 11) is 0. The van der Waals surface area contributed by atoms with Gasteiger partial charge in [0.25, 0.3) is 0 Å². The topological polar surface area (TPSA) is 79.5 Å². The first-order valence-electron chi connectivity index (χ1n) is 5.62. The van der Waals surface area contributed by atoms with Gasteiger partial charge in [-0.05, 0) is 12.8 Å². The highest BCUT2D eigenvalue weighted by atomic mass is 35.5. The summed E-state index contributed by atoms with van der Waals surface area (Å²) in [6, 6.07) is 0.0251. The Balaban J connectivity index is 1.81. The van der Waals surface area contributed by atoms with Gasteiger partial charge in [0.1, 0.15) is 11.3 Å². The Morgan fingerprint density at radius 3 is 3.00 bits per heavy atom. The number of fused-ring (bicyclic) bond motifs is 1. The van der Waals surface area contributed by atoms with E-state index in [9.17, 15) is 4.79 Å². The van der Waals surface area contributed by atoms with Gasteiger partial charge >= 0.3 is 6.09 Å². The minimum atomic E-state index is -0.973. The molecule has 0 spiro atoms. The number of amides is 1. The van der Waals surface area contributed by atoms with Crippen molar-refractivity contribution in [3.8, 4) is 0 Å². The normalized spacial score (nSPS) is 22.7. The molecule has 7 heteroatoms. The second-order valence-corrected chi connectivity index (χ2v) is 4.76. The van der Waals surface area contributed by atoms with Gasteiger partial charge in [-0.1, -0.05) is 11.6 Å². The van der Waals surface area contributed by atoms with Crippen molar-refractivity contribution >= 4 is 23.2 Å². The van der Waals surface area contributed by atoms with E-state index in [-0.39, 0.29) is 12.0 Å². The minimum absolute atomic E-state index is 0.0251. The number of hydrogen-bond donors (Lipinski definition) is 2. The molecule has 0 aliphatic heterocycles. The van der Waals surface area contributed by atoms with E-state index in [2.05, 4.69) is 15.3 Å². The molecule has 18 heavy (non-hydrogen) atoms. The van der Waals surface area contributed by atoms with Crippen LogP contribution in [0.4, 0.5) is 4.79 Å². The van der Waals surface area contributed by atoms with Crippen molar-refractivity contribution in [1.82, 2.24) is 19.7 Å². The summed E-state index contributed by atoms with van der Waals surface area (Å²) >= 11 is 5.97. The lowest BCUT2D eigenvalue weighted by Crippen LogP contribution is -2.43. The molecule has 6 nitrogen and oxygen atoms in total. The smallest absolute Gasteiger partial charge is 0.404 e. The van der Waals surface area contributed by atoms with Crippen molar-refractivity contribution in [3.63, 3.8) is 0 Å². The highest BCUT2D eigenvalue weighted by molar-refractivity contribution is 6.32. The van der Waals surface area contributed by atoms with Crippen molar-refractivity contribution in [3.05, 3.63) is 29.6 Å². The van der Waals surface area contributed by atoms with E-state index in [4.69, 9.17) is 16.7 Å². The van der Waals surface area contributed by atoms with Crippen LogP contribution in [0.1, 0.15) is 24.6 Å². The fraction of sp³-hybridized carbons (Fsp3) is 0.364. The Hall–Kier alpha value is -1.82. The number of hydrogen-bond acceptors (Lipinski definition) is 3. The molecule has 0 radical (unpaired) electrons. The number of rotatable bonds is 2. The van der Waals surface area contributed by atoms with E-state index in [1.165, 1.54) is 0 Å². The van der Waals surface area contributed by atoms with Gasteiger partial charge in [-0.15, -0.1) is 0 Å². The van der Waals surface area contributed by atoms with Gasteiger partial charge in [-0.2, -0.15) is 0 Å². The largest absolute Gasteiger partial charge is 0.465 e. The Morgan fingerprint density at radius 2 is 2.28 bits per heavy atom.